The molecule has 0 unspecified atom stereocenters. The molecule has 0 aromatic carbocycles. The predicted octanol–water partition coefficient (Wildman–Crippen LogP) is 1.49. The fraction of sp³-hybridized carbons (Fsp3) is 0.167. The van der Waals surface area contributed by atoms with Gasteiger partial charge in [0.15, 0.2) is 0 Å². The summed E-state index contributed by atoms with van der Waals surface area (Å²) in [6.07, 6.45) is 1.08. The summed E-state index contributed by atoms with van der Waals surface area (Å²) in [6.45, 7) is 0. The second-order valence-corrected chi connectivity index (χ2v) is 2.05. The van der Waals surface area contributed by atoms with Crippen LogP contribution in [-0.4, -0.2) is 12.1 Å². The molecule has 0 fully saturated rings. The van der Waals surface area contributed by atoms with Gasteiger partial charge in [-0.3, -0.25) is 0 Å². The van der Waals surface area contributed by atoms with Crippen LogP contribution in [0.5, 0.6) is 5.88 Å². The highest BCUT2D eigenvalue weighted by Gasteiger charge is 2.02. The number of aromatic nitrogens is 1. The lowest BCUT2D eigenvalue weighted by Gasteiger charge is -2.04. The van der Waals surface area contributed by atoms with E-state index in [1.54, 1.807) is 0 Å². The van der Waals surface area contributed by atoms with Crippen LogP contribution in [0.1, 0.15) is 0 Å². The number of nitrogens with zero attached hydrogens (tertiary/aromatic N) is 1. The Morgan fingerprint density at radius 1 is 1.73 bits per heavy atom. The zero-order valence-electron chi connectivity index (χ0n) is 5.84. The first-order valence-electron chi connectivity index (χ1n) is 2.87. The summed E-state index contributed by atoms with van der Waals surface area (Å²) in [5, 5.41) is 0. The van der Waals surface area contributed by atoms with Gasteiger partial charge in [-0.1, -0.05) is 12.8 Å². The van der Waals surface area contributed by atoms with Crippen LogP contribution in [0.2, 0.25) is 0 Å². The van der Waals surface area contributed by atoms with Crippen LogP contribution in [0.15, 0.2) is 12.3 Å². The van der Waals surface area contributed by atoms with Crippen LogP contribution in [-0.2, 0) is 0 Å². The Labute approximate surface area is 69.1 Å². The van der Waals surface area contributed by atoms with E-state index in [2.05, 4.69) is 22.5 Å². The summed E-state index contributed by atoms with van der Waals surface area (Å²) in [4.78, 5) is 3.66. The summed E-state index contributed by atoms with van der Waals surface area (Å²) in [6, 6.07) is 1.25. The lowest BCUT2D eigenvalue weighted by Crippen LogP contribution is -1.93. The molecule has 0 radical (unpaired) electrons. The van der Waals surface area contributed by atoms with E-state index in [4.69, 9.17) is 4.74 Å². The minimum absolute atomic E-state index is 0.321. The van der Waals surface area contributed by atoms with Crippen molar-refractivity contribution in [3.8, 4) is 5.88 Å². The van der Waals surface area contributed by atoms with E-state index in [0.717, 1.165) is 6.20 Å². The van der Waals surface area contributed by atoms with Crippen molar-refractivity contribution in [2.75, 3.05) is 11.8 Å². The van der Waals surface area contributed by atoms with Gasteiger partial charge < -0.3 is 9.46 Å². The number of rotatable bonds is 2. The molecule has 0 aliphatic rings. The second-order valence-electron chi connectivity index (χ2n) is 1.82. The average Bonchev–Trinajstić information content (AvgIpc) is 2.04. The van der Waals surface area contributed by atoms with Gasteiger partial charge in [0.2, 0.25) is 5.88 Å². The molecule has 1 rings (SSSR count). The van der Waals surface area contributed by atoms with Crippen LogP contribution in [0.4, 0.5) is 10.1 Å². The number of methoxy groups -OCH3 is 1. The van der Waals surface area contributed by atoms with Crippen molar-refractivity contribution in [3.05, 3.63) is 18.1 Å². The van der Waals surface area contributed by atoms with Gasteiger partial charge in [-0.15, -0.1) is 0 Å². The van der Waals surface area contributed by atoms with Crippen molar-refractivity contribution >= 4 is 18.5 Å². The zero-order chi connectivity index (χ0) is 8.27. The largest absolute Gasteiger partial charge is 0.479 e. The molecule has 1 aromatic rings. The van der Waals surface area contributed by atoms with E-state index in [0.29, 0.717) is 11.6 Å². The number of anilines is 1. The van der Waals surface area contributed by atoms with Gasteiger partial charge in [0, 0.05) is 6.07 Å². The third-order valence-electron chi connectivity index (χ3n) is 1.13. The molecule has 1 heterocycles. The maximum Gasteiger partial charge on any atom is 0.238 e. The Kier molecular flexibility index (Phi) is 2.53. The molecule has 5 heteroatoms. The number of hydrogen-bond donors (Lipinski definition) is 2. The fourth-order valence-corrected chi connectivity index (χ4v) is 0.830. The van der Waals surface area contributed by atoms with E-state index in [9.17, 15) is 4.39 Å². The van der Waals surface area contributed by atoms with Crippen molar-refractivity contribution in [2.24, 2.45) is 0 Å². The first kappa shape index (κ1) is 8.13. The van der Waals surface area contributed by atoms with Crippen LogP contribution >= 0.6 is 12.8 Å². The molecule has 0 aliphatic carbocycles. The molecule has 0 spiro atoms. The lowest BCUT2D eigenvalue weighted by molar-refractivity contribution is 0.398. The highest BCUT2D eigenvalue weighted by Crippen LogP contribution is 2.21. The summed E-state index contributed by atoms with van der Waals surface area (Å²) in [5.74, 6) is -0.108. The fourth-order valence-electron chi connectivity index (χ4n) is 0.669. The van der Waals surface area contributed by atoms with Gasteiger partial charge in [-0.05, 0) is 0 Å². The van der Waals surface area contributed by atoms with E-state index < -0.39 is 5.82 Å². The molecule has 1 N–H and O–H groups in total. The van der Waals surface area contributed by atoms with Gasteiger partial charge in [-0.2, -0.15) is 0 Å². The maximum absolute atomic E-state index is 12.5. The van der Waals surface area contributed by atoms with Crippen molar-refractivity contribution in [1.29, 1.82) is 0 Å². The minimum atomic E-state index is -0.428. The molecule has 0 aliphatic heterocycles. The van der Waals surface area contributed by atoms with E-state index in [-0.39, 0.29) is 0 Å². The first-order valence-corrected chi connectivity index (χ1v) is 3.32. The molecular formula is C6H7FN2OS. The Morgan fingerprint density at radius 2 is 2.45 bits per heavy atom. The number of halogens is 1. The number of nitrogens with one attached hydrogen (secondary N) is 1. The van der Waals surface area contributed by atoms with Crippen molar-refractivity contribution < 1.29 is 9.13 Å². The summed E-state index contributed by atoms with van der Waals surface area (Å²) >= 11 is 3.74. The van der Waals surface area contributed by atoms with Crippen LogP contribution in [0.25, 0.3) is 0 Å². The highest BCUT2D eigenvalue weighted by molar-refractivity contribution is 7.81. The zero-order valence-corrected chi connectivity index (χ0v) is 6.73. The van der Waals surface area contributed by atoms with Gasteiger partial charge in [0.05, 0.1) is 13.3 Å². The molecule has 3 nitrogen and oxygen atoms in total. The van der Waals surface area contributed by atoms with Gasteiger partial charge in [0.1, 0.15) is 11.5 Å². The summed E-state index contributed by atoms with van der Waals surface area (Å²) in [5.41, 5.74) is 0.413. The Bertz CT molecular complexity index is 256. The standard InChI is InChI=1S/C6H7FN2OS/c1-10-6-5(9-11)2-4(7)3-8-6/h2-3,9,11H,1H3. The van der Waals surface area contributed by atoms with Crippen LogP contribution < -0.4 is 9.46 Å². The Balaban J connectivity index is 3.06. The van der Waals surface area contributed by atoms with Gasteiger partial charge >= 0.3 is 0 Å². The summed E-state index contributed by atoms with van der Waals surface area (Å²) in [7, 11) is 1.45. The maximum atomic E-state index is 12.5. The molecule has 1 aromatic heterocycles. The van der Waals surface area contributed by atoms with Crippen molar-refractivity contribution in [3.63, 3.8) is 0 Å². The van der Waals surface area contributed by atoms with E-state index >= 15 is 0 Å². The minimum Gasteiger partial charge on any atom is -0.479 e. The Morgan fingerprint density at radius 3 is 3.00 bits per heavy atom. The molecule has 0 saturated carbocycles. The molecule has 0 bridgehead atoms. The summed E-state index contributed by atoms with van der Waals surface area (Å²) < 4.78 is 19.7. The highest BCUT2D eigenvalue weighted by atomic mass is 32.1. The average molecular weight is 174 g/mol. The third-order valence-corrected chi connectivity index (χ3v) is 1.37. The monoisotopic (exact) mass is 174 g/mol. The molecule has 0 amide bonds. The molecular weight excluding hydrogens is 167 g/mol. The Hall–Kier alpha value is -0.970. The predicted molar refractivity (Wildman–Crippen MR) is 43.4 cm³/mol. The number of thiol groups is 1. The van der Waals surface area contributed by atoms with Gasteiger partial charge in [0.25, 0.3) is 0 Å². The SMILES string of the molecule is COc1ncc(F)cc1NS. The molecule has 60 valence electrons. The third kappa shape index (κ3) is 1.74. The molecule has 0 saturated heterocycles. The quantitative estimate of drug-likeness (QED) is 0.666. The smallest absolute Gasteiger partial charge is 0.238 e. The topological polar surface area (TPSA) is 34.1 Å². The van der Waals surface area contributed by atoms with E-state index in [1.807, 2.05) is 0 Å². The number of ether oxygens (including phenoxy) is 1. The lowest BCUT2D eigenvalue weighted by atomic mass is 10.4. The van der Waals surface area contributed by atoms with Crippen LogP contribution in [0.3, 0.4) is 0 Å². The normalized spacial score (nSPS) is 9.36. The number of hydrogen-bond acceptors (Lipinski definition) is 4. The van der Waals surface area contributed by atoms with E-state index in [1.165, 1.54) is 13.2 Å². The van der Waals surface area contributed by atoms with Crippen LogP contribution in [0, 0.1) is 5.82 Å². The van der Waals surface area contributed by atoms with Crippen molar-refractivity contribution in [1.82, 2.24) is 4.98 Å². The molecule has 11 heavy (non-hydrogen) atoms. The number of pyridine rings is 1. The van der Waals surface area contributed by atoms with Crippen molar-refractivity contribution in [2.45, 2.75) is 0 Å². The first-order chi connectivity index (χ1) is 5.27. The van der Waals surface area contributed by atoms with Gasteiger partial charge in [-0.25, -0.2) is 9.37 Å². The molecule has 0 atom stereocenters. The second kappa shape index (κ2) is 3.43.